The van der Waals surface area contributed by atoms with Crippen molar-refractivity contribution in [2.24, 2.45) is 5.41 Å². The van der Waals surface area contributed by atoms with Crippen LogP contribution in [-0.4, -0.2) is 64.8 Å². The van der Waals surface area contributed by atoms with Gasteiger partial charge in [0.05, 0.1) is 22.8 Å². The summed E-state index contributed by atoms with van der Waals surface area (Å²) in [6.45, 7) is 9.70. The third-order valence-electron chi connectivity index (χ3n) is 7.15. The smallest absolute Gasteiger partial charge is 0.410 e. The van der Waals surface area contributed by atoms with E-state index in [1.807, 2.05) is 56.0 Å². The third kappa shape index (κ3) is 5.82. The van der Waals surface area contributed by atoms with Crippen LogP contribution >= 0.6 is 34.8 Å². The molecule has 0 unspecified atom stereocenters. The van der Waals surface area contributed by atoms with Crippen molar-refractivity contribution >= 4 is 40.9 Å². The van der Waals surface area contributed by atoms with Crippen molar-refractivity contribution < 1.29 is 14.3 Å². The minimum Gasteiger partial charge on any atom is -0.481 e. The van der Waals surface area contributed by atoms with Crippen LogP contribution < -0.4 is 4.74 Å². The fourth-order valence-electron chi connectivity index (χ4n) is 5.41. The van der Waals surface area contributed by atoms with Crippen molar-refractivity contribution in [2.75, 3.05) is 33.3 Å². The van der Waals surface area contributed by atoms with Crippen molar-refractivity contribution in [1.82, 2.24) is 19.8 Å². The summed E-state index contributed by atoms with van der Waals surface area (Å²) in [5.74, 6) is 0.557. The molecule has 2 saturated heterocycles. The molecule has 2 aromatic heterocycles. The zero-order chi connectivity index (χ0) is 27.9. The van der Waals surface area contributed by atoms with Crippen LogP contribution in [0.3, 0.4) is 0 Å². The largest absolute Gasteiger partial charge is 0.481 e. The van der Waals surface area contributed by atoms with Crippen LogP contribution in [0.5, 0.6) is 5.88 Å². The summed E-state index contributed by atoms with van der Waals surface area (Å²) in [7, 11) is 1.62. The van der Waals surface area contributed by atoms with Crippen LogP contribution in [0.2, 0.25) is 15.2 Å². The number of pyridine rings is 2. The molecule has 0 aliphatic carbocycles. The molecule has 3 aromatic rings. The Balaban J connectivity index is 1.29. The first-order valence-electron chi connectivity index (χ1n) is 12.8. The van der Waals surface area contributed by atoms with E-state index in [1.165, 1.54) is 0 Å². The molecule has 0 atom stereocenters. The fraction of sp³-hybridized carbons (Fsp3) is 0.414. The number of aromatic nitrogens is 2. The van der Waals surface area contributed by atoms with Gasteiger partial charge in [-0.25, -0.2) is 14.8 Å². The second kappa shape index (κ2) is 10.8. The van der Waals surface area contributed by atoms with Gasteiger partial charge in [-0.1, -0.05) is 59.1 Å². The van der Waals surface area contributed by atoms with E-state index in [1.54, 1.807) is 19.4 Å². The summed E-state index contributed by atoms with van der Waals surface area (Å²) >= 11 is 19.4. The Morgan fingerprint density at radius 1 is 1.00 bits per heavy atom. The van der Waals surface area contributed by atoms with Crippen LogP contribution in [0.4, 0.5) is 4.79 Å². The van der Waals surface area contributed by atoms with Gasteiger partial charge in [-0.15, -0.1) is 0 Å². The van der Waals surface area contributed by atoms with Gasteiger partial charge in [0.1, 0.15) is 10.8 Å². The minimum atomic E-state index is -0.487. The Bertz CT molecular complexity index is 1400. The second-order valence-corrected chi connectivity index (χ2v) is 12.4. The number of ether oxygens (including phenoxy) is 2. The molecule has 1 spiro atoms. The number of amides is 1. The molecule has 39 heavy (non-hydrogen) atoms. The maximum Gasteiger partial charge on any atom is 0.410 e. The summed E-state index contributed by atoms with van der Waals surface area (Å²) in [6, 6.07) is 11.5. The average molecular weight is 590 g/mol. The molecular weight excluding hydrogens is 559 g/mol. The van der Waals surface area contributed by atoms with Crippen molar-refractivity contribution in [1.29, 1.82) is 0 Å². The van der Waals surface area contributed by atoms with E-state index in [9.17, 15) is 4.79 Å². The predicted molar refractivity (Wildman–Crippen MR) is 155 cm³/mol. The molecule has 5 rings (SSSR count). The van der Waals surface area contributed by atoms with E-state index in [0.717, 1.165) is 49.3 Å². The molecular formula is C29H31Cl3N4O3. The van der Waals surface area contributed by atoms with Gasteiger partial charge in [-0.05, 0) is 39.3 Å². The molecule has 206 valence electrons. The predicted octanol–water partition coefficient (Wildman–Crippen LogP) is 7.22. The zero-order valence-electron chi connectivity index (χ0n) is 22.4. The number of methoxy groups -OCH3 is 1. The fourth-order valence-corrected chi connectivity index (χ4v) is 6.11. The zero-order valence-corrected chi connectivity index (χ0v) is 24.7. The van der Waals surface area contributed by atoms with Crippen molar-refractivity contribution in [2.45, 2.75) is 39.3 Å². The number of benzene rings is 1. The summed E-state index contributed by atoms with van der Waals surface area (Å²) in [6.07, 6.45) is 2.36. The average Bonchev–Trinajstić information content (AvgIpc) is 3.31. The van der Waals surface area contributed by atoms with E-state index in [-0.39, 0.29) is 16.7 Å². The highest BCUT2D eigenvalue weighted by atomic mass is 35.5. The van der Waals surface area contributed by atoms with Crippen LogP contribution in [0, 0.1) is 5.41 Å². The van der Waals surface area contributed by atoms with Gasteiger partial charge in [0, 0.05) is 66.6 Å². The molecule has 2 aliphatic heterocycles. The summed E-state index contributed by atoms with van der Waals surface area (Å²) in [4.78, 5) is 25.5. The van der Waals surface area contributed by atoms with Crippen molar-refractivity contribution in [3.05, 3.63) is 63.4 Å². The first-order chi connectivity index (χ1) is 18.5. The number of likely N-dealkylation sites (tertiary alicyclic amines) is 2. The van der Waals surface area contributed by atoms with E-state index in [2.05, 4.69) is 9.88 Å². The highest BCUT2D eigenvalue weighted by Gasteiger charge is 2.49. The Kier molecular flexibility index (Phi) is 7.72. The topological polar surface area (TPSA) is 67.8 Å². The monoisotopic (exact) mass is 588 g/mol. The first kappa shape index (κ1) is 28.0. The first-order valence-corrected chi connectivity index (χ1v) is 14.0. The number of hydrogen-bond donors (Lipinski definition) is 0. The lowest BCUT2D eigenvalue weighted by atomic mass is 9.79. The number of rotatable bonds is 5. The van der Waals surface area contributed by atoms with E-state index >= 15 is 0 Å². The Morgan fingerprint density at radius 3 is 2.44 bits per heavy atom. The molecule has 4 heterocycles. The molecule has 2 aliphatic rings. The standard InChI is InChI=1S/C29H31Cl3N4O3/c1-28(2,3)39-27(37)36-13-11-29(17-36)15-35(16-29)14-18-8-9-22(34-26(18)38-4)21-7-5-6-19(23(21)30)20-10-12-33-25(32)24(20)31/h5-10,12H,11,13-17H2,1-4H3. The van der Waals surface area contributed by atoms with Crippen LogP contribution in [0.25, 0.3) is 22.4 Å². The van der Waals surface area contributed by atoms with E-state index in [0.29, 0.717) is 33.7 Å². The lowest BCUT2D eigenvalue weighted by molar-refractivity contribution is -0.00651. The van der Waals surface area contributed by atoms with Gasteiger partial charge < -0.3 is 14.4 Å². The van der Waals surface area contributed by atoms with Crippen molar-refractivity contribution in [3.8, 4) is 28.3 Å². The molecule has 1 aromatic carbocycles. The second-order valence-electron chi connectivity index (χ2n) is 11.3. The Hall–Kier alpha value is -2.58. The van der Waals surface area contributed by atoms with Crippen molar-refractivity contribution in [3.63, 3.8) is 0 Å². The molecule has 10 heteroatoms. The summed E-state index contributed by atoms with van der Waals surface area (Å²) in [5.41, 5.74) is 3.55. The molecule has 0 radical (unpaired) electrons. The third-order valence-corrected chi connectivity index (χ3v) is 8.32. The van der Waals surface area contributed by atoms with E-state index in [4.69, 9.17) is 49.3 Å². The Morgan fingerprint density at radius 2 is 1.72 bits per heavy atom. The van der Waals surface area contributed by atoms with E-state index < -0.39 is 5.60 Å². The molecule has 7 nitrogen and oxygen atoms in total. The molecule has 0 bridgehead atoms. The summed E-state index contributed by atoms with van der Waals surface area (Å²) in [5, 5.41) is 1.09. The highest BCUT2D eigenvalue weighted by molar-refractivity contribution is 6.43. The van der Waals surface area contributed by atoms with Crippen LogP contribution in [0.15, 0.2) is 42.6 Å². The molecule has 0 N–H and O–H groups in total. The maximum absolute atomic E-state index is 12.5. The van der Waals surface area contributed by atoms with Gasteiger partial charge in [0.25, 0.3) is 0 Å². The number of nitrogens with zero attached hydrogens (tertiary/aromatic N) is 4. The number of halogens is 3. The Labute approximate surface area is 244 Å². The summed E-state index contributed by atoms with van der Waals surface area (Å²) < 4.78 is 11.2. The molecule has 2 fully saturated rings. The molecule has 1 amide bonds. The van der Waals surface area contributed by atoms with Gasteiger partial charge in [-0.3, -0.25) is 4.90 Å². The number of carbonyl (C=O) groups is 1. The van der Waals surface area contributed by atoms with Crippen LogP contribution in [-0.2, 0) is 11.3 Å². The van der Waals surface area contributed by atoms with Gasteiger partial charge in [-0.2, -0.15) is 0 Å². The van der Waals surface area contributed by atoms with Gasteiger partial charge in [0.2, 0.25) is 5.88 Å². The lowest BCUT2D eigenvalue weighted by Gasteiger charge is -2.48. The quantitative estimate of drug-likeness (QED) is 0.293. The maximum atomic E-state index is 12.5. The van der Waals surface area contributed by atoms with Crippen LogP contribution in [0.1, 0.15) is 32.8 Å². The highest BCUT2D eigenvalue weighted by Crippen LogP contribution is 2.43. The lowest BCUT2D eigenvalue weighted by Crippen LogP contribution is -2.57. The molecule has 0 saturated carbocycles. The number of carbonyl (C=O) groups excluding carboxylic acids is 1. The SMILES string of the molecule is COc1nc(-c2cccc(-c3ccnc(Cl)c3Cl)c2Cl)ccc1CN1CC2(CCN(C(=O)OC(C)(C)C)C2)C1. The van der Waals surface area contributed by atoms with Gasteiger partial charge >= 0.3 is 6.09 Å². The number of hydrogen-bond acceptors (Lipinski definition) is 6. The minimum absolute atomic E-state index is 0.128. The normalized spacial score (nSPS) is 16.8. The van der Waals surface area contributed by atoms with Gasteiger partial charge in [0.15, 0.2) is 0 Å².